The fraction of sp³-hybridized carbons (Fsp3) is 0.846. The summed E-state index contributed by atoms with van der Waals surface area (Å²) in [7, 11) is 2.08. The van der Waals surface area contributed by atoms with E-state index in [-0.39, 0.29) is 17.7 Å². The van der Waals surface area contributed by atoms with Crippen LogP contribution in [0.25, 0.3) is 0 Å². The van der Waals surface area contributed by atoms with Crippen LogP contribution < -0.4 is 0 Å². The van der Waals surface area contributed by atoms with Crippen molar-refractivity contribution in [3.63, 3.8) is 0 Å². The average Bonchev–Trinajstić information content (AvgIpc) is 2.87. The van der Waals surface area contributed by atoms with Crippen molar-refractivity contribution in [3.8, 4) is 0 Å². The van der Waals surface area contributed by atoms with Crippen LogP contribution in [-0.2, 0) is 9.59 Å². The van der Waals surface area contributed by atoms with Gasteiger partial charge in [0.2, 0.25) is 11.8 Å². The zero-order chi connectivity index (χ0) is 13.1. The summed E-state index contributed by atoms with van der Waals surface area (Å²) in [6, 6.07) is 0. The monoisotopic (exact) mass is 253 g/mol. The second-order valence-electron chi connectivity index (χ2n) is 5.31. The van der Waals surface area contributed by atoms with E-state index in [2.05, 4.69) is 11.9 Å². The van der Waals surface area contributed by atoms with Crippen LogP contribution in [0, 0.1) is 5.92 Å². The van der Waals surface area contributed by atoms with Crippen molar-refractivity contribution >= 4 is 11.8 Å². The van der Waals surface area contributed by atoms with E-state index in [0.717, 1.165) is 39.1 Å². The number of carbonyl (C=O) groups excluding carboxylic acids is 2. The van der Waals surface area contributed by atoms with Gasteiger partial charge in [0.15, 0.2) is 0 Å². The number of hydrogen-bond donors (Lipinski definition) is 0. The predicted octanol–water partition coefficient (Wildman–Crippen LogP) is 0.0189. The second-order valence-corrected chi connectivity index (χ2v) is 5.31. The molecule has 0 spiro atoms. The molecule has 2 aliphatic rings. The third kappa shape index (κ3) is 2.83. The lowest BCUT2D eigenvalue weighted by Gasteiger charge is -2.33. The van der Waals surface area contributed by atoms with Crippen molar-refractivity contribution in [2.24, 2.45) is 5.92 Å². The third-order valence-electron chi connectivity index (χ3n) is 4.01. The number of amides is 2. The highest BCUT2D eigenvalue weighted by molar-refractivity contribution is 5.82. The van der Waals surface area contributed by atoms with Crippen molar-refractivity contribution in [2.45, 2.75) is 19.8 Å². The van der Waals surface area contributed by atoms with E-state index in [1.807, 2.05) is 16.7 Å². The number of nitrogens with zero attached hydrogens (tertiary/aromatic N) is 3. The standard InChI is InChI=1S/C13H23N3O2/c1-3-12(17)16-5-4-11(10-16)13(18)15-8-6-14(2)7-9-15/h11H,3-10H2,1-2H3. The molecule has 0 N–H and O–H groups in total. The summed E-state index contributed by atoms with van der Waals surface area (Å²) in [5.41, 5.74) is 0. The van der Waals surface area contributed by atoms with Gasteiger partial charge in [-0.2, -0.15) is 0 Å². The highest BCUT2D eigenvalue weighted by atomic mass is 16.2. The minimum absolute atomic E-state index is 0.0314. The van der Waals surface area contributed by atoms with E-state index >= 15 is 0 Å². The molecule has 0 bridgehead atoms. The lowest BCUT2D eigenvalue weighted by atomic mass is 10.1. The second kappa shape index (κ2) is 5.69. The number of hydrogen-bond acceptors (Lipinski definition) is 3. The smallest absolute Gasteiger partial charge is 0.227 e. The van der Waals surface area contributed by atoms with Crippen LogP contribution in [0.15, 0.2) is 0 Å². The molecule has 0 saturated carbocycles. The summed E-state index contributed by atoms with van der Waals surface area (Å²) < 4.78 is 0. The molecule has 5 heteroatoms. The van der Waals surface area contributed by atoms with Crippen LogP contribution in [-0.4, -0.2) is 72.8 Å². The minimum atomic E-state index is 0.0314. The molecular formula is C13H23N3O2. The summed E-state index contributed by atoms with van der Waals surface area (Å²) >= 11 is 0. The molecule has 0 aromatic carbocycles. The molecule has 1 atom stereocenters. The zero-order valence-electron chi connectivity index (χ0n) is 11.4. The predicted molar refractivity (Wildman–Crippen MR) is 69.1 cm³/mol. The maximum absolute atomic E-state index is 12.3. The summed E-state index contributed by atoms with van der Waals surface area (Å²) in [6.07, 6.45) is 1.37. The van der Waals surface area contributed by atoms with Crippen LogP contribution in [0.2, 0.25) is 0 Å². The Balaban J connectivity index is 1.85. The Hall–Kier alpha value is -1.10. The Bertz CT molecular complexity index is 324. The molecule has 2 heterocycles. The fourth-order valence-corrected chi connectivity index (χ4v) is 2.70. The maximum Gasteiger partial charge on any atom is 0.227 e. The van der Waals surface area contributed by atoms with Gasteiger partial charge in [-0.25, -0.2) is 0 Å². The summed E-state index contributed by atoms with van der Waals surface area (Å²) in [6.45, 7) is 6.81. The Kier molecular flexibility index (Phi) is 4.22. The molecule has 102 valence electrons. The topological polar surface area (TPSA) is 43.9 Å². The molecule has 2 amide bonds. The van der Waals surface area contributed by atoms with Gasteiger partial charge in [-0.3, -0.25) is 9.59 Å². The van der Waals surface area contributed by atoms with Crippen LogP contribution in [0.5, 0.6) is 0 Å². The zero-order valence-corrected chi connectivity index (χ0v) is 11.4. The van der Waals surface area contributed by atoms with Crippen molar-refractivity contribution in [1.29, 1.82) is 0 Å². The first-order valence-electron chi connectivity index (χ1n) is 6.87. The molecule has 5 nitrogen and oxygen atoms in total. The molecule has 18 heavy (non-hydrogen) atoms. The summed E-state index contributed by atoms with van der Waals surface area (Å²) in [5.74, 6) is 0.446. The Morgan fingerprint density at radius 2 is 1.72 bits per heavy atom. The van der Waals surface area contributed by atoms with Crippen LogP contribution in [0.3, 0.4) is 0 Å². The number of likely N-dealkylation sites (tertiary alicyclic amines) is 1. The van der Waals surface area contributed by atoms with E-state index in [4.69, 9.17) is 0 Å². The van der Waals surface area contributed by atoms with Gasteiger partial charge in [-0.15, -0.1) is 0 Å². The SMILES string of the molecule is CCC(=O)N1CCC(C(=O)N2CCN(C)CC2)C1. The third-order valence-corrected chi connectivity index (χ3v) is 4.01. The van der Waals surface area contributed by atoms with Crippen LogP contribution >= 0.6 is 0 Å². The van der Waals surface area contributed by atoms with Gasteiger partial charge in [-0.05, 0) is 13.5 Å². The Labute approximate surface area is 109 Å². The highest BCUT2D eigenvalue weighted by Gasteiger charge is 2.33. The fourth-order valence-electron chi connectivity index (χ4n) is 2.70. The van der Waals surface area contributed by atoms with E-state index in [1.54, 1.807) is 0 Å². The van der Waals surface area contributed by atoms with E-state index in [1.165, 1.54) is 0 Å². The molecule has 2 rings (SSSR count). The first-order chi connectivity index (χ1) is 8.61. The Morgan fingerprint density at radius 3 is 2.33 bits per heavy atom. The lowest BCUT2D eigenvalue weighted by molar-refractivity contribution is -0.137. The van der Waals surface area contributed by atoms with Crippen molar-refractivity contribution in [3.05, 3.63) is 0 Å². The minimum Gasteiger partial charge on any atom is -0.342 e. The normalized spacial score (nSPS) is 25.6. The first kappa shape index (κ1) is 13.3. The lowest BCUT2D eigenvalue weighted by Crippen LogP contribution is -2.49. The average molecular weight is 253 g/mol. The van der Waals surface area contributed by atoms with Crippen LogP contribution in [0.1, 0.15) is 19.8 Å². The van der Waals surface area contributed by atoms with E-state index in [9.17, 15) is 9.59 Å². The van der Waals surface area contributed by atoms with Gasteiger partial charge in [-0.1, -0.05) is 6.92 Å². The summed E-state index contributed by atoms with van der Waals surface area (Å²) in [4.78, 5) is 30.0. The molecule has 0 aromatic heterocycles. The van der Waals surface area contributed by atoms with Crippen molar-refractivity contribution < 1.29 is 9.59 Å². The molecule has 1 unspecified atom stereocenters. The molecule has 2 aliphatic heterocycles. The van der Waals surface area contributed by atoms with Gasteiger partial charge in [0.1, 0.15) is 0 Å². The number of piperazine rings is 1. The molecular weight excluding hydrogens is 230 g/mol. The number of likely N-dealkylation sites (N-methyl/N-ethyl adjacent to an activating group) is 1. The van der Waals surface area contributed by atoms with Crippen LogP contribution in [0.4, 0.5) is 0 Å². The van der Waals surface area contributed by atoms with Gasteiger partial charge >= 0.3 is 0 Å². The number of rotatable bonds is 2. The van der Waals surface area contributed by atoms with Gasteiger partial charge in [0, 0.05) is 45.7 Å². The Morgan fingerprint density at radius 1 is 1.06 bits per heavy atom. The highest BCUT2D eigenvalue weighted by Crippen LogP contribution is 2.20. The molecule has 2 fully saturated rings. The van der Waals surface area contributed by atoms with Gasteiger partial charge in [0.25, 0.3) is 0 Å². The van der Waals surface area contributed by atoms with Crippen molar-refractivity contribution in [2.75, 3.05) is 46.3 Å². The van der Waals surface area contributed by atoms with E-state index < -0.39 is 0 Å². The first-order valence-corrected chi connectivity index (χ1v) is 6.87. The number of carbonyl (C=O) groups is 2. The van der Waals surface area contributed by atoms with Gasteiger partial charge in [0.05, 0.1) is 5.92 Å². The maximum atomic E-state index is 12.3. The quantitative estimate of drug-likeness (QED) is 0.697. The molecule has 0 aromatic rings. The largest absolute Gasteiger partial charge is 0.342 e. The van der Waals surface area contributed by atoms with Crippen molar-refractivity contribution in [1.82, 2.24) is 14.7 Å². The summed E-state index contributed by atoms with van der Waals surface area (Å²) in [5, 5.41) is 0. The molecule has 0 aliphatic carbocycles. The van der Waals surface area contributed by atoms with E-state index in [0.29, 0.717) is 13.0 Å². The van der Waals surface area contributed by atoms with Gasteiger partial charge < -0.3 is 14.7 Å². The molecule has 2 saturated heterocycles. The molecule has 0 radical (unpaired) electrons.